The summed E-state index contributed by atoms with van der Waals surface area (Å²) in [6, 6.07) is 7.33. The van der Waals surface area contributed by atoms with Crippen molar-refractivity contribution in [3.8, 4) is 0 Å². The number of carbonyl (C=O) groups excluding carboxylic acids is 1. The number of aromatic nitrogens is 2. The quantitative estimate of drug-likeness (QED) is 0.825. The maximum atomic E-state index is 13.7. The van der Waals surface area contributed by atoms with Gasteiger partial charge in [0.25, 0.3) is 0 Å². The van der Waals surface area contributed by atoms with Gasteiger partial charge in [-0.15, -0.1) is 0 Å². The fourth-order valence-electron chi connectivity index (χ4n) is 4.07. The van der Waals surface area contributed by atoms with Crippen LogP contribution in [0.25, 0.3) is 0 Å². The molecule has 0 radical (unpaired) electrons. The van der Waals surface area contributed by atoms with Crippen molar-refractivity contribution in [3.05, 3.63) is 47.3 Å². The van der Waals surface area contributed by atoms with Gasteiger partial charge >= 0.3 is 12.0 Å². The first-order valence-corrected chi connectivity index (χ1v) is 10.2. The van der Waals surface area contributed by atoms with Crippen molar-refractivity contribution in [2.75, 3.05) is 44.2 Å². The van der Waals surface area contributed by atoms with Crippen LogP contribution in [-0.4, -0.2) is 82.1 Å². The smallest absolute Gasteiger partial charge is 0.356 e. The van der Waals surface area contributed by atoms with Gasteiger partial charge in [-0.05, 0) is 36.6 Å². The number of halogens is 1. The second-order valence-electron chi connectivity index (χ2n) is 7.96. The molecule has 1 amide bonds. The monoisotopic (exact) mass is 415 g/mol. The number of carboxylic acid groups (broad SMARTS) is 1. The molecule has 0 aliphatic carbocycles. The molecule has 0 unspecified atom stereocenters. The second-order valence-corrected chi connectivity index (χ2v) is 7.96. The van der Waals surface area contributed by atoms with E-state index in [1.807, 2.05) is 6.92 Å². The fraction of sp³-hybridized carbons (Fsp3) is 0.476. The van der Waals surface area contributed by atoms with Gasteiger partial charge < -0.3 is 14.9 Å². The van der Waals surface area contributed by atoms with E-state index in [1.54, 1.807) is 4.90 Å². The molecule has 2 aliphatic rings. The number of amides is 1. The van der Waals surface area contributed by atoms with Crippen LogP contribution < -0.4 is 4.90 Å². The Balaban J connectivity index is 1.38. The normalized spacial score (nSPS) is 20.0. The van der Waals surface area contributed by atoms with E-state index in [2.05, 4.69) is 33.1 Å². The molecule has 2 aromatic rings. The first-order valence-electron chi connectivity index (χ1n) is 10.2. The average Bonchev–Trinajstić information content (AvgIpc) is 3.39. The van der Waals surface area contributed by atoms with Crippen LogP contribution in [0, 0.1) is 6.92 Å². The van der Waals surface area contributed by atoms with Gasteiger partial charge in [-0.25, -0.2) is 14.0 Å². The molecule has 2 fully saturated rings. The molecule has 0 bridgehead atoms. The Bertz CT molecular complexity index is 938. The molecule has 4 rings (SSSR count). The maximum absolute atomic E-state index is 13.7. The summed E-state index contributed by atoms with van der Waals surface area (Å²) in [5.41, 5.74) is 3.29. The van der Waals surface area contributed by atoms with Gasteiger partial charge in [0.05, 0.1) is 0 Å². The molecule has 3 heterocycles. The van der Waals surface area contributed by atoms with Crippen LogP contribution in [0.5, 0.6) is 0 Å². The highest BCUT2D eigenvalue weighted by Crippen LogP contribution is 2.28. The lowest BCUT2D eigenvalue weighted by atomic mass is 10.1. The van der Waals surface area contributed by atoms with E-state index in [1.165, 1.54) is 17.8 Å². The van der Waals surface area contributed by atoms with Crippen LogP contribution in [0.1, 0.15) is 28.0 Å². The Labute approximate surface area is 174 Å². The maximum Gasteiger partial charge on any atom is 0.356 e. The number of hydrogen-bond donors (Lipinski definition) is 1. The lowest BCUT2D eigenvalue weighted by Gasteiger charge is -2.35. The third-order valence-corrected chi connectivity index (χ3v) is 5.75. The van der Waals surface area contributed by atoms with E-state index in [0.29, 0.717) is 39.1 Å². The van der Waals surface area contributed by atoms with Crippen molar-refractivity contribution >= 4 is 17.7 Å². The van der Waals surface area contributed by atoms with Crippen molar-refractivity contribution < 1.29 is 19.1 Å². The first-order chi connectivity index (χ1) is 14.4. The zero-order valence-electron chi connectivity index (χ0n) is 17.0. The number of benzene rings is 1. The number of aromatic carboxylic acids is 1. The van der Waals surface area contributed by atoms with Gasteiger partial charge in [-0.2, -0.15) is 9.78 Å². The molecule has 30 heavy (non-hydrogen) atoms. The summed E-state index contributed by atoms with van der Waals surface area (Å²) in [5.74, 6) is -1.16. The number of carboxylic acids is 1. The Kier molecular flexibility index (Phi) is 5.72. The largest absolute Gasteiger partial charge is 0.476 e. The molecule has 8 nitrogen and oxygen atoms in total. The minimum absolute atomic E-state index is 0.147. The minimum atomic E-state index is -1.16. The number of piperazine rings is 1. The molecule has 1 N–H and O–H groups in total. The number of nitrogens with zero attached hydrogens (tertiary/aromatic N) is 5. The molecule has 1 aromatic heterocycles. The third kappa shape index (κ3) is 4.30. The lowest BCUT2D eigenvalue weighted by molar-refractivity contribution is 0.0689. The molecular weight excluding hydrogens is 389 g/mol. The van der Waals surface area contributed by atoms with Crippen molar-refractivity contribution in [2.24, 2.45) is 0 Å². The van der Waals surface area contributed by atoms with E-state index in [0.717, 1.165) is 29.0 Å². The van der Waals surface area contributed by atoms with Gasteiger partial charge in [-0.1, -0.05) is 12.1 Å². The van der Waals surface area contributed by atoms with Crippen LogP contribution in [0.2, 0.25) is 0 Å². The van der Waals surface area contributed by atoms with Crippen LogP contribution in [0.3, 0.4) is 0 Å². The van der Waals surface area contributed by atoms with Crippen LogP contribution >= 0.6 is 0 Å². The predicted molar refractivity (Wildman–Crippen MR) is 110 cm³/mol. The molecule has 1 atom stereocenters. The van der Waals surface area contributed by atoms with E-state index < -0.39 is 12.1 Å². The van der Waals surface area contributed by atoms with Gasteiger partial charge in [0.2, 0.25) is 0 Å². The van der Waals surface area contributed by atoms with Gasteiger partial charge in [0.1, 0.15) is 6.17 Å². The van der Waals surface area contributed by atoms with E-state index in [-0.39, 0.29) is 11.7 Å². The number of rotatable bonds is 4. The summed E-state index contributed by atoms with van der Waals surface area (Å²) >= 11 is 0. The zero-order chi connectivity index (χ0) is 21.3. The van der Waals surface area contributed by atoms with Crippen molar-refractivity contribution in [2.45, 2.75) is 26.1 Å². The van der Waals surface area contributed by atoms with Crippen LogP contribution in [0.4, 0.5) is 14.9 Å². The fourth-order valence-corrected chi connectivity index (χ4v) is 4.07. The minimum Gasteiger partial charge on any atom is -0.476 e. The van der Waals surface area contributed by atoms with Gasteiger partial charge in [0.15, 0.2) is 5.69 Å². The molecule has 2 saturated heterocycles. The Morgan fingerprint density at radius 2 is 1.93 bits per heavy atom. The zero-order valence-corrected chi connectivity index (χ0v) is 17.0. The summed E-state index contributed by atoms with van der Waals surface area (Å²) in [5, 5.41) is 12.8. The summed E-state index contributed by atoms with van der Waals surface area (Å²) < 4.78 is 14.8. The third-order valence-electron chi connectivity index (χ3n) is 5.75. The number of aryl methyl sites for hydroxylation is 1. The number of anilines is 1. The number of alkyl halides is 1. The summed E-state index contributed by atoms with van der Waals surface area (Å²) in [4.78, 5) is 29.6. The van der Waals surface area contributed by atoms with Gasteiger partial charge in [0, 0.05) is 57.7 Å². The molecular formula is C21H26FN5O3. The van der Waals surface area contributed by atoms with E-state index >= 15 is 0 Å². The summed E-state index contributed by atoms with van der Waals surface area (Å²) in [6.45, 7) is 6.47. The Morgan fingerprint density at radius 1 is 1.17 bits per heavy atom. The standard InChI is InChI=1S/C21H26FN5O3/c1-15-2-3-16(19(12-15)26-6-4-17(22)14-26)13-24-8-10-25(11-9-24)21(30)27-7-5-18(23-27)20(28)29/h2-3,5,7,12,17H,4,6,8-11,13-14H2,1H3,(H,28,29)/t17-/m0/s1. The van der Waals surface area contributed by atoms with E-state index in [4.69, 9.17) is 5.11 Å². The molecule has 0 spiro atoms. The Morgan fingerprint density at radius 3 is 2.57 bits per heavy atom. The van der Waals surface area contributed by atoms with Crippen molar-refractivity contribution in [1.82, 2.24) is 19.6 Å². The number of hydrogen-bond acceptors (Lipinski definition) is 5. The van der Waals surface area contributed by atoms with E-state index in [9.17, 15) is 14.0 Å². The molecule has 0 saturated carbocycles. The van der Waals surface area contributed by atoms with Crippen molar-refractivity contribution in [3.63, 3.8) is 0 Å². The predicted octanol–water partition coefficient (Wildman–Crippen LogP) is 2.22. The first kappa shape index (κ1) is 20.3. The number of carbonyl (C=O) groups is 2. The lowest BCUT2D eigenvalue weighted by Crippen LogP contribution is -2.49. The topological polar surface area (TPSA) is 81.9 Å². The molecule has 160 valence electrons. The highest BCUT2D eigenvalue weighted by atomic mass is 19.1. The Hall–Kier alpha value is -2.94. The SMILES string of the molecule is Cc1ccc(CN2CCN(C(=O)n3ccc(C(=O)O)n3)CC2)c(N2CC[C@H](F)C2)c1. The molecule has 9 heteroatoms. The molecule has 2 aliphatic heterocycles. The van der Waals surface area contributed by atoms with Gasteiger partial charge in [-0.3, -0.25) is 4.90 Å². The highest BCUT2D eigenvalue weighted by molar-refractivity contribution is 5.86. The van der Waals surface area contributed by atoms with Crippen LogP contribution in [-0.2, 0) is 6.54 Å². The average molecular weight is 415 g/mol. The second kappa shape index (κ2) is 8.43. The highest BCUT2D eigenvalue weighted by Gasteiger charge is 2.26. The van der Waals surface area contributed by atoms with Crippen LogP contribution in [0.15, 0.2) is 30.5 Å². The summed E-state index contributed by atoms with van der Waals surface area (Å²) in [7, 11) is 0. The van der Waals surface area contributed by atoms with Crippen molar-refractivity contribution in [1.29, 1.82) is 0 Å². The molecule has 1 aromatic carbocycles. The summed E-state index contributed by atoms with van der Waals surface area (Å²) in [6.07, 6.45) is 1.19.